The molecule has 38 heavy (non-hydrogen) atoms. The largest absolute Gasteiger partial charge is 0.444 e. The van der Waals surface area contributed by atoms with E-state index >= 15 is 0 Å². The molecule has 0 saturated carbocycles. The average Bonchev–Trinajstić information content (AvgIpc) is 3.29. The normalized spacial score (nSPS) is 16.7. The van der Waals surface area contributed by atoms with Crippen LogP contribution in [0.4, 0.5) is 9.18 Å². The first-order valence-electron chi connectivity index (χ1n) is 12.8. The molecule has 4 rings (SSSR count). The molecule has 8 nitrogen and oxygen atoms in total. The Labute approximate surface area is 227 Å². The predicted octanol–water partition coefficient (Wildman–Crippen LogP) is 3.95. The monoisotopic (exact) mass is 544 g/mol. The maximum absolute atomic E-state index is 14.2. The molecular formula is C28H34ClFN4O4. The highest BCUT2D eigenvalue weighted by atomic mass is 35.5. The van der Waals surface area contributed by atoms with Gasteiger partial charge in [-0.15, -0.1) is 0 Å². The molecule has 1 saturated heterocycles. The molecule has 0 spiro atoms. The molecule has 10 heteroatoms. The highest BCUT2D eigenvalue weighted by Gasteiger charge is 2.34. The minimum Gasteiger partial charge on any atom is -0.444 e. The minimum absolute atomic E-state index is 0.177. The zero-order valence-electron chi connectivity index (χ0n) is 22.0. The molecule has 0 radical (unpaired) electrons. The molecule has 0 bridgehead atoms. The molecule has 1 atom stereocenters. The lowest BCUT2D eigenvalue weighted by atomic mass is 10.1. The molecule has 204 valence electrons. The summed E-state index contributed by atoms with van der Waals surface area (Å²) in [6, 6.07) is 11.3. The van der Waals surface area contributed by atoms with Crippen LogP contribution in [0.25, 0.3) is 0 Å². The van der Waals surface area contributed by atoms with Crippen LogP contribution >= 0.6 is 11.6 Å². The number of nitrogens with zero attached hydrogens (tertiary/aromatic N) is 3. The van der Waals surface area contributed by atoms with Gasteiger partial charge >= 0.3 is 6.09 Å². The average molecular weight is 545 g/mol. The SMILES string of the molecule is CC(C)(C)OC(=O)N[C@@H](CC(=O)N1CCN(Cc2c(F)cccc2Cl)CC1)C(=O)N1Cc2ccccc2C1. The molecule has 0 aliphatic carbocycles. The van der Waals surface area contributed by atoms with Crippen molar-refractivity contribution in [3.63, 3.8) is 0 Å². The van der Waals surface area contributed by atoms with E-state index in [1.54, 1.807) is 42.7 Å². The van der Waals surface area contributed by atoms with E-state index in [9.17, 15) is 18.8 Å². The second-order valence-corrected chi connectivity index (χ2v) is 11.1. The van der Waals surface area contributed by atoms with Crippen LogP contribution in [-0.2, 0) is 34.0 Å². The van der Waals surface area contributed by atoms with Crippen molar-refractivity contribution in [1.82, 2.24) is 20.0 Å². The van der Waals surface area contributed by atoms with Gasteiger partial charge in [-0.2, -0.15) is 0 Å². The van der Waals surface area contributed by atoms with Crippen molar-refractivity contribution in [2.24, 2.45) is 0 Å². The molecule has 0 unspecified atom stereocenters. The number of halogens is 2. The van der Waals surface area contributed by atoms with E-state index in [4.69, 9.17) is 16.3 Å². The van der Waals surface area contributed by atoms with Gasteiger partial charge in [0.25, 0.3) is 0 Å². The highest BCUT2D eigenvalue weighted by molar-refractivity contribution is 6.31. The number of hydrogen-bond donors (Lipinski definition) is 1. The predicted molar refractivity (Wildman–Crippen MR) is 142 cm³/mol. The first-order chi connectivity index (χ1) is 18.0. The van der Waals surface area contributed by atoms with Gasteiger partial charge in [0.2, 0.25) is 11.8 Å². The van der Waals surface area contributed by atoms with Gasteiger partial charge in [0.1, 0.15) is 17.5 Å². The number of benzene rings is 2. The summed E-state index contributed by atoms with van der Waals surface area (Å²) in [4.78, 5) is 44.7. The van der Waals surface area contributed by atoms with Crippen molar-refractivity contribution in [2.75, 3.05) is 26.2 Å². The maximum Gasteiger partial charge on any atom is 0.408 e. The third kappa shape index (κ3) is 7.02. The van der Waals surface area contributed by atoms with Crippen molar-refractivity contribution >= 4 is 29.5 Å². The van der Waals surface area contributed by atoms with Crippen molar-refractivity contribution in [2.45, 2.75) is 58.5 Å². The van der Waals surface area contributed by atoms with E-state index < -0.39 is 17.7 Å². The van der Waals surface area contributed by atoms with Crippen LogP contribution in [0, 0.1) is 5.82 Å². The lowest BCUT2D eigenvalue weighted by Gasteiger charge is -2.35. The fourth-order valence-electron chi connectivity index (χ4n) is 4.73. The fraction of sp³-hybridized carbons (Fsp3) is 0.464. The minimum atomic E-state index is -1.05. The lowest BCUT2D eigenvalue weighted by molar-refractivity contribution is -0.140. The van der Waals surface area contributed by atoms with Crippen molar-refractivity contribution < 1.29 is 23.5 Å². The van der Waals surface area contributed by atoms with Gasteiger partial charge in [0.05, 0.1) is 6.42 Å². The fourth-order valence-corrected chi connectivity index (χ4v) is 4.95. The Kier molecular flexibility index (Phi) is 8.57. The Hall–Kier alpha value is -3.17. The molecule has 2 aromatic carbocycles. The van der Waals surface area contributed by atoms with Crippen LogP contribution in [0.3, 0.4) is 0 Å². The van der Waals surface area contributed by atoms with Gasteiger partial charge in [-0.05, 0) is 44.0 Å². The van der Waals surface area contributed by atoms with E-state index in [1.807, 2.05) is 29.2 Å². The number of amides is 3. The van der Waals surface area contributed by atoms with Gasteiger partial charge in [-0.1, -0.05) is 41.9 Å². The third-order valence-electron chi connectivity index (χ3n) is 6.69. The number of fused-ring (bicyclic) bond motifs is 1. The van der Waals surface area contributed by atoms with Gasteiger partial charge in [0, 0.05) is 56.4 Å². The maximum atomic E-state index is 14.2. The van der Waals surface area contributed by atoms with E-state index in [0.717, 1.165) is 11.1 Å². The number of hydrogen-bond acceptors (Lipinski definition) is 5. The van der Waals surface area contributed by atoms with Crippen LogP contribution in [0.2, 0.25) is 5.02 Å². The Morgan fingerprint density at radius 2 is 1.61 bits per heavy atom. The zero-order chi connectivity index (χ0) is 27.4. The molecule has 2 aliphatic rings. The number of alkyl carbamates (subject to hydrolysis) is 1. The summed E-state index contributed by atoms with van der Waals surface area (Å²) in [7, 11) is 0. The van der Waals surface area contributed by atoms with Crippen LogP contribution in [0.1, 0.15) is 43.9 Å². The summed E-state index contributed by atoms with van der Waals surface area (Å²) in [5.41, 5.74) is 1.79. The number of piperazine rings is 1. The summed E-state index contributed by atoms with van der Waals surface area (Å²) in [6.07, 6.45) is -0.920. The van der Waals surface area contributed by atoms with E-state index in [2.05, 4.69) is 5.32 Å². The lowest BCUT2D eigenvalue weighted by Crippen LogP contribution is -2.53. The Bertz CT molecular complexity index is 1150. The second kappa shape index (κ2) is 11.7. The van der Waals surface area contributed by atoms with Crippen LogP contribution in [-0.4, -0.2) is 70.4 Å². The zero-order valence-corrected chi connectivity index (χ0v) is 22.8. The van der Waals surface area contributed by atoms with E-state index in [0.29, 0.717) is 56.4 Å². The first-order valence-corrected chi connectivity index (χ1v) is 13.2. The van der Waals surface area contributed by atoms with Gasteiger partial charge < -0.3 is 19.9 Å². The summed E-state index contributed by atoms with van der Waals surface area (Å²) >= 11 is 6.17. The second-order valence-electron chi connectivity index (χ2n) is 10.7. The third-order valence-corrected chi connectivity index (χ3v) is 7.04. The number of carbonyl (C=O) groups excluding carboxylic acids is 3. The number of rotatable bonds is 6. The smallest absolute Gasteiger partial charge is 0.408 e. The van der Waals surface area contributed by atoms with Gasteiger partial charge in [-0.3, -0.25) is 14.5 Å². The molecule has 2 aliphatic heterocycles. The number of ether oxygens (including phenoxy) is 1. The summed E-state index contributed by atoms with van der Waals surface area (Å²) in [5.74, 6) is -0.914. The van der Waals surface area contributed by atoms with Gasteiger partial charge in [-0.25, -0.2) is 9.18 Å². The Morgan fingerprint density at radius 1 is 0.974 bits per heavy atom. The van der Waals surface area contributed by atoms with Crippen molar-refractivity contribution in [3.05, 3.63) is 70.0 Å². The number of carbonyl (C=O) groups is 3. The summed E-state index contributed by atoms with van der Waals surface area (Å²) in [6.45, 7) is 8.33. The molecule has 1 fully saturated rings. The van der Waals surface area contributed by atoms with Crippen molar-refractivity contribution in [3.8, 4) is 0 Å². The Balaban J connectivity index is 1.38. The van der Waals surface area contributed by atoms with E-state index in [1.165, 1.54) is 6.07 Å². The summed E-state index contributed by atoms with van der Waals surface area (Å²) < 4.78 is 19.6. The molecule has 3 amide bonds. The van der Waals surface area contributed by atoms with Crippen LogP contribution in [0.15, 0.2) is 42.5 Å². The first kappa shape index (κ1) is 27.9. The molecule has 2 aromatic rings. The van der Waals surface area contributed by atoms with Crippen molar-refractivity contribution in [1.29, 1.82) is 0 Å². The molecular weight excluding hydrogens is 511 g/mol. The highest BCUT2D eigenvalue weighted by Crippen LogP contribution is 2.24. The quantitative estimate of drug-likeness (QED) is 0.595. The molecule has 2 heterocycles. The number of nitrogens with one attached hydrogen (secondary N) is 1. The van der Waals surface area contributed by atoms with E-state index in [-0.39, 0.29) is 24.1 Å². The van der Waals surface area contributed by atoms with Gasteiger partial charge in [0.15, 0.2) is 0 Å². The topological polar surface area (TPSA) is 82.2 Å². The molecule has 0 aromatic heterocycles. The Morgan fingerprint density at radius 3 is 2.18 bits per heavy atom. The van der Waals surface area contributed by atoms with Crippen LogP contribution in [0.5, 0.6) is 0 Å². The summed E-state index contributed by atoms with van der Waals surface area (Å²) in [5, 5.41) is 3.01. The standard InChI is InChI=1S/C28H34ClFN4O4/c1-28(2,3)38-27(37)31-24(26(36)34-16-19-7-4-5-8-20(19)17-34)15-25(35)33-13-11-32(12-14-33)18-21-22(29)9-6-10-23(21)30/h4-10,24H,11-18H2,1-3H3,(H,31,37)/t24-/m0/s1. The molecule has 1 N–H and O–H groups in total. The van der Waals surface area contributed by atoms with Crippen LogP contribution < -0.4 is 5.32 Å².